The Labute approximate surface area is 143 Å². The van der Waals surface area contributed by atoms with Crippen LogP contribution in [0.1, 0.15) is 16.1 Å². The molecular weight excluding hydrogens is 326 g/mol. The van der Waals surface area contributed by atoms with Gasteiger partial charge in [0.25, 0.3) is 5.91 Å². The molecule has 1 aliphatic heterocycles. The number of carbonyl (C=O) groups is 1. The number of benzene rings is 1. The summed E-state index contributed by atoms with van der Waals surface area (Å²) in [5, 5.41) is 1.44. The molecule has 3 aromatic rings. The first-order valence-electron chi connectivity index (χ1n) is 7.57. The maximum atomic E-state index is 12.7. The number of amides is 1. The van der Waals surface area contributed by atoms with Gasteiger partial charge in [-0.2, -0.15) is 0 Å². The lowest BCUT2D eigenvalue weighted by molar-refractivity contribution is 0.0984. The van der Waals surface area contributed by atoms with E-state index in [4.69, 9.17) is 16.3 Å². The number of rotatable bonds is 2. The summed E-state index contributed by atoms with van der Waals surface area (Å²) < 4.78 is 5.26. The zero-order valence-electron chi connectivity index (χ0n) is 13.0. The van der Waals surface area contributed by atoms with Crippen LogP contribution in [0.4, 0.5) is 5.82 Å². The van der Waals surface area contributed by atoms with Gasteiger partial charge in [-0.15, -0.1) is 0 Å². The Morgan fingerprint density at radius 3 is 2.92 bits per heavy atom. The van der Waals surface area contributed by atoms with Crippen molar-refractivity contribution < 1.29 is 9.53 Å². The first kappa shape index (κ1) is 14.9. The minimum absolute atomic E-state index is 0.138. The topological polar surface area (TPSA) is 55.3 Å². The molecule has 0 saturated carbocycles. The summed E-state index contributed by atoms with van der Waals surface area (Å²) in [7, 11) is 1.58. The number of ether oxygens (including phenoxy) is 1. The van der Waals surface area contributed by atoms with Gasteiger partial charge in [0.1, 0.15) is 17.3 Å². The van der Waals surface area contributed by atoms with Gasteiger partial charge in [-0.25, -0.2) is 4.98 Å². The molecule has 6 heteroatoms. The highest BCUT2D eigenvalue weighted by Gasteiger charge is 2.28. The maximum absolute atomic E-state index is 12.7. The highest BCUT2D eigenvalue weighted by Crippen LogP contribution is 2.34. The highest BCUT2D eigenvalue weighted by atomic mass is 35.5. The van der Waals surface area contributed by atoms with Crippen molar-refractivity contribution >= 4 is 34.2 Å². The van der Waals surface area contributed by atoms with Gasteiger partial charge in [-0.3, -0.25) is 14.7 Å². The Morgan fingerprint density at radius 1 is 1.29 bits per heavy atom. The van der Waals surface area contributed by atoms with E-state index in [-0.39, 0.29) is 5.91 Å². The van der Waals surface area contributed by atoms with Gasteiger partial charge in [-0.1, -0.05) is 17.7 Å². The molecule has 24 heavy (non-hydrogen) atoms. The largest absolute Gasteiger partial charge is 0.495 e. The van der Waals surface area contributed by atoms with E-state index < -0.39 is 0 Å². The second-order valence-corrected chi connectivity index (χ2v) is 5.98. The van der Waals surface area contributed by atoms with Crippen LogP contribution in [0.25, 0.3) is 10.9 Å². The molecule has 0 N–H and O–H groups in total. The van der Waals surface area contributed by atoms with Crippen molar-refractivity contribution in [3.8, 4) is 5.75 Å². The Morgan fingerprint density at radius 2 is 2.17 bits per heavy atom. The van der Waals surface area contributed by atoms with E-state index in [0.717, 1.165) is 22.9 Å². The molecule has 0 atom stereocenters. The number of methoxy groups -OCH3 is 1. The average Bonchev–Trinajstić information content (AvgIpc) is 3.02. The van der Waals surface area contributed by atoms with Crippen LogP contribution in [-0.4, -0.2) is 29.5 Å². The molecule has 0 aliphatic carbocycles. The minimum atomic E-state index is -0.138. The van der Waals surface area contributed by atoms with E-state index in [1.807, 2.05) is 12.1 Å². The molecule has 1 amide bonds. The fourth-order valence-electron chi connectivity index (χ4n) is 2.95. The summed E-state index contributed by atoms with van der Waals surface area (Å²) in [4.78, 5) is 23.2. The van der Waals surface area contributed by atoms with E-state index in [2.05, 4.69) is 9.97 Å². The number of carbonyl (C=O) groups excluding carboxylic acids is 1. The normalized spacial score (nSPS) is 13.2. The number of aromatic nitrogens is 2. The smallest absolute Gasteiger partial charge is 0.278 e. The van der Waals surface area contributed by atoms with E-state index in [1.165, 1.54) is 0 Å². The summed E-state index contributed by atoms with van der Waals surface area (Å²) in [6.07, 6.45) is 2.38. The van der Waals surface area contributed by atoms with Crippen LogP contribution in [0.3, 0.4) is 0 Å². The molecule has 0 radical (unpaired) electrons. The third-order valence-corrected chi connectivity index (χ3v) is 4.43. The number of pyridine rings is 2. The fourth-order valence-corrected chi connectivity index (χ4v) is 3.18. The molecule has 2 aromatic heterocycles. The number of fused-ring (bicyclic) bond motifs is 2. The molecule has 0 fully saturated rings. The molecule has 0 bridgehead atoms. The van der Waals surface area contributed by atoms with E-state index >= 15 is 0 Å². The van der Waals surface area contributed by atoms with Gasteiger partial charge < -0.3 is 4.74 Å². The molecule has 5 nitrogen and oxygen atoms in total. The Bertz CT molecular complexity index is 944. The van der Waals surface area contributed by atoms with Crippen LogP contribution in [0.5, 0.6) is 5.75 Å². The summed E-state index contributed by atoms with van der Waals surface area (Å²) in [5.41, 5.74) is 2.19. The lowest BCUT2D eigenvalue weighted by Crippen LogP contribution is -2.30. The van der Waals surface area contributed by atoms with Gasteiger partial charge in [0.2, 0.25) is 0 Å². The number of halogens is 1. The van der Waals surface area contributed by atoms with E-state index in [9.17, 15) is 4.79 Å². The van der Waals surface area contributed by atoms with Crippen molar-refractivity contribution in [1.82, 2.24) is 9.97 Å². The van der Waals surface area contributed by atoms with Gasteiger partial charge in [0.15, 0.2) is 0 Å². The third-order valence-electron chi connectivity index (χ3n) is 4.13. The number of hydrogen-bond acceptors (Lipinski definition) is 4. The van der Waals surface area contributed by atoms with Gasteiger partial charge >= 0.3 is 0 Å². The summed E-state index contributed by atoms with van der Waals surface area (Å²) in [5.74, 6) is 1.16. The summed E-state index contributed by atoms with van der Waals surface area (Å²) >= 11 is 6.19. The maximum Gasteiger partial charge on any atom is 0.278 e. The molecule has 120 valence electrons. The minimum Gasteiger partial charge on any atom is -0.495 e. The first-order valence-corrected chi connectivity index (χ1v) is 7.95. The molecule has 0 spiro atoms. The van der Waals surface area contributed by atoms with Gasteiger partial charge in [0.05, 0.1) is 17.6 Å². The van der Waals surface area contributed by atoms with Crippen LogP contribution in [0.2, 0.25) is 5.02 Å². The number of hydrogen-bond donors (Lipinski definition) is 0. The molecule has 0 unspecified atom stereocenters. The van der Waals surface area contributed by atoms with Crippen molar-refractivity contribution in [1.29, 1.82) is 0 Å². The molecule has 1 aliphatic rings. The Hall–Kier alpha value is -2.66. The predicted molar refractivity (Wildman–Crippen MR) is 92.9 cm³/mol. The molecule has 4 rings (SSSR count). The van der Waals surface area contributed by atoms with Crippen LogP contribution in [0.15, 0.2) is 42.6 Å². The zero-order valence-corrected chi connectivity index (χ0v) is 13.7. The van der Waals surface area contributed by atoms with Crippen LogP contribution < -0.4 is 9.64 Å². The summed E-state index contributed by atoms with van der Waals surface area (Å²) in [6.45, 7) is 0.596. The van der Waals surface area contributed by atoms with E-state index in [1.54, 1.807) is 42.5 Å². The second kappa shape index (κ2) is 5.76. The Balaban J connectivity index is 1.79. The summed E-state index contributed by atoms with van der Waals surface area (Å²) in [6, 6.07) is 11.0. The quantitative estimate of drug-likeness (QED) is 0.717. The van der Waals surface area contributed by atoms with Crippen molar-refractivity contribution in [3.63, 3.8) is 0 Å². The van der Waals surface area contributed by atoms with Crippen molar-refractivity contribution in [3.05, 3.63) is 58.9 Å². The fraction of sp³-hybridized carbons (Fsp3) is 0.167. The molecule has 0 saturated heterocycles. The van der Waals surface area contributed by atoms with Gasteiger partial charge in [0, 0.05) is 18.1 Å². The SMILES string of the molecule is COc1cc2cc3c(nc2cc1Cl)N(C(=O)c1ccccn1)CC3. The number of anilines is 1. The third kappa shape index (κ3) is 2.37. The van der Waals surface area contributed by atoms with Gasteiger partial charge in [-0.05, 0) is 42.3 Å². The standard InChI is InChI=1S/C18H14ClN3O2/c1-24-16-9-12-8-11-5-7-22(17(11)21-15(12)10-13(16)19)18(23)14-4-2-3-6-20-14/h2-4,6,8-10H,5,7H2,1H3. The van der Waals surface area contributed by atoms with Crippen molar-refractivity contribution in [2.45, 2.75) is 6.42 Å². The first-order chi connectivity index (χ1) is 11.7. The van der Waals surface area contributed by atoms with Crippen molar-refractivity contribution in [2.24, 2.45) is 0 Å². The molecule has 1 aromatic carbocycles. The number of nitrogens with zero attached hydrogens (tertiary/aromatic N) is 3. The molecular formula is C18H14ClN3O2. The Kier molecular flexibility index (Phi) is 3.58. The lowest BCUT2D eigenvalue weighted by atomic mass is 10.1. The predicted octanol–water partition coefficient (Wildman–Crippen LogP) is 3.49. The van der Waals surface area contributed by atoms with Crippen LogP contribution >= 0.6 is 11.6 Å². The highest BCUT2D eigenvalue weighted by molar-refractivity contribution is 6.32. The second-order valence-electron chi connectivity index (χ2n) is 5.57. The average molecular weight is 340 g/mol. The van der Waals surface area contributed by atoms with Crippen molar-refractivity contribution in [2.75, 3.05) is 18.6 Å². The lowest BCUT2D eigenvalue weighted by Gasteiger charge is -2.16. The zero-order chi connectivity index (χ0) is 16.7. The van der Waals surface area contributed by atoms with Crippen LogP contribution in [0, 0.1) is 0 Å². The van der Waals surface area contributed by atoms with Crippen LogP contribution in [-0.2, 0) is 6.42 Å². The molecule has 3 heterocycles. The van der Waals surface area contributed by atoms with E-state index in [0.29, 0.717) is 28.8 Å². The monoisotopic (exact) mass is 339 g/mol.